The minimum Gasteiger partial charge on any atom is -0.493 e. The molecule has 2 aliphatic rings. The molecule has 0 aromatic heterocycles. The van der Waals surface area contributed by atoms with Crippen molar-refractivity contribution in [2.24, 2.45) is 0 Å². The number of benzene rings is 3. The van der Waals surface area contributed by atoms with Crippen LogP contribution < -0.4 is 19.5 Å². The number of carbonyl (C=O) groups excluding carboxylic acids is 2. The number of hydrogen-bond donors (Lipinski definition) is 1. The lowest BCUT2D eigenvalue weighted by Gasteiger charge is -2.26. The number of carbonyl (C=O) groups is 2. The quantitative estimate of drug-likeness (QED) is 0.372. The number of nitrogens with zero attached hydrogens (tertiary/aromatic N) is 1. The number of hydrogen-bond acceptors (Lipinski definition) is 6. The van der Waals surface area contributed by atoms with E-state index in [4.69, 9.17) is 18.9 Å². The first-order valence-corrected chi connectivity index (χ1v) is 13.7. The molecule has 1 heterocycles. The highest BCUT2D eigenvalue weighted by molar-refractivity contribution is 6.08. The molecule has 1 fully saturated rings. The van der Waals surface area contributed by atoms with Crippen LogP contribution in [-0.2, 0) is 16.1 Å². The summed E-state index contributed by atoms with van der Waals surface area (Å²) in [6.45, 7) is 4.11. The summed E-state index contributed by atoms with van der Waals surface area (Å²) in [5.74, 6) is 0.291. The Labute approximate surface area is 244 Å². The fourth-order valence-electron chi connectivity index (χ4n) is 5.15. The Hall–Kier alpha value is -4.63. The van der Waals surface area contributed by atoms with Crippen molar-refractivity contribution in [1.82, 2.24) is 10.2 Å². The molecule has 2 amide bonds. The summed E-state index contributed by atoms with van der Waals surface area (Å²) in [4.78, 5) is 27.3. The highest BCUT2D eigenvalue weighted by Crippen LogP contribution is 2.45. The monoisotopic (exact) mass is 572 g/mol. The molecule has 0 spiro atoms. The highest BCUT2D eigenvalue weighted by atomic mass is 19.1. The van der Waals surface area contributed by atoms with Crippen molar-refractivity contribution in [3.05, 3.63) is 94.3 Å². The van der Waals surface area contributed by atoms with Crippen LogP contribution in [0.15, 0.2) is 66.2 Å². The SMILES string of the molecule is COc1cc(/C=C2/C(C)=C(CC(=O)NCc3ccccc3)c3cc(F)ccc32)cc(OC)c1OC(=O)N1CCOCC1. The molecule has 218 valence electrons. The van der Waals surface area contributed by atoms with Gasteiger partial charge in [-0.2, -0.15) is 0 Å². The second kappa shape index (κ2) is 12.9. The molecule has 42 heavy (non-hydrogen) atoms. The average Bonchev–Trinajstić information content (AvgIpc) is 3.26. The summed E-state index contributed by atoms with van der Waals surface area (Å²) in [7, 11) is 2.98. The Balaban J connectivity index is 1.44. The number of ether oxygens (including phenoxy) is 4. The van der Waals surface area contributed by atoms with E-state index >= 15 is 0 Å². The molecule has 8 nitrogen and oxygen atoms in total. The fraction of sp³-hybridized carbons (Fsp3) is 0.273. The van der Waals surface area contributed by atoms with Crippen LogP contribution in [0.25, 0.3) is 17.2 Å². The Bertz CT molecular complexity index is 1520. The lowest BCUT2D eigenvalue weighted by atomic mass is 10.00. The number of rotatable bonds is 8. The van der Waals surface area contributed by atoms with E-state index in [2.05, 4.69) is 5.32 Å². The molecule has 1 saturated heterocycles. The Morgan fingerprint density at radius 3 is 2.33 bits per heavy atom. The Kier molecular flexibility index (Phi) is 8.88. The van der Waals surface area contributed by atoms with Crippen LogP contribution >= 0.6 is 0 Å². The fourth-order valence-corrected chi connectivity index (χ4v) is 5.15. The van der Waals surface area contributed by atoms with Crippen molar-refractivity contribution in [3.8, 4) is 17.2 Å². The first kappa shape index (κ1) is 28.9. The minimum absolute atomic E-state index is 0.107. The maximum atomic E-state index is 14.4. The van der Waals surface area contributed by atoms with Gasteiger partial charge in [0, 0.05) is 19.6 Å². The number of methoxy groups -OCH3 is 2. The van der Waals surface area contributed by atoms with Gasteiger partial charge in [-0.1, -0.05) is 36.4 Å². The molecule has 0 saturated carbocycles. The van der Waals surface area contributed by atoms with Crippen LogP contribution in [0.5, 0.6) is 17.2 Å². The lowest BCUT2D eigenvalue weighted by Crippen LogP contribution is -2.42. The van der Waals surface area contributed by atoms with E-state index in [1.54, 1.807) is 23.1 Å². The summed E-state index contributed by atoms with van der Waals surface area (Å²) in [5, 5.41) is 2.96. The van der Waals surface area contributed by atoms with Gasteiger partial charge in [0.05, 0.1) is 33.9 Å². The van der Waals surface area contributed by atoms with Crippen molar-refractivity contribution in [2.75, 3.05) is 40.5 Å². The molecule has 5 rings (SSSR count). The smallest absolute Gasteiger partial charge is 0.415 e. The number of amides is 2. The largest absolute Gasteiger partial charge is 0.493 e. The van der Waals surface area contributed by atoms with E-state index in [1.807, 2.05) is 43.3 Å². The van der Waals surface area contributed by atoms with Crippen LogP contribution in [-0.4, -0.2) is 57.4 Å². The average molecular weight is 573 g/mol. The summed E-state index contributed by atoms with van der Waals surface area (Å²) in [6, 6.07) is 17.8. The minimum atomic E-state index is -0.512. The third-order valence-corrected chi connectivity index (χ3v) is 7.38. The number of morpholine rings is 1. The molecule has 9 heteroatoms. The van der Waals surface area contributed by atoms with Crippen LogP contribution in [0.4, 0.5) is 9.18 Å². The zero-order valence-corrected chi connectivity index (χ0v) is 23.9. The van der Waals surface area contributed by atoms with Crippen molar-refractivity contribution in [3.63, 3.8) is 0 Å². The molecular weight excluding hydrogens is 539 g/mol. The molecule has 3 aromatic carbocycles. The van der Waals surface area contributed by atoms with E-state index in [0.29, 0.717) is 55.5 Å². The molecule has 0 bridgehead atoms. The van der Waals surface area contributed by atoms with Crippen molar-refractivity contribution in [1.29, 1.82) is 0 Å². The first-order chi connectivity index (χ1) is 20.4. The Morgan fingerprint density at radius 2 is 1.67 bits per heavy atom. The second-order valence-electron chi connectivity index (χ2n) is 10.0. The summed E-state index contributed by atoms with van der Waals surface area (Å²) in [6.07, 6.45) is 1.52. The molecule has 0 atom stereocenters. The van der Waals surface area contributed by atoms with E-state index in [0.717, 1.165) is 27.8 Å². The van der Waals surface area contributed by atoms with E-state index in [1.165, 1.54) is 26.4 Å². The summed E-state index contributed by atoms with van der Waals surface area (Å²) in [5.41, 5.74) is 5.69. The highest BCUT2D eigenvalue weighted by Gasteiger charge is 2.27. The van der Waals surface area contributed by atoms with Crippen LogP contribution in [0.2, 0.25) is 0 Å². The predicted molar refractivity (Wildman–Crippen MR) is 158 cm³/mol. The maximum absolute atomic E-state index is 14.4. The molecule has 0 unspecified atom stereocenters. The molecule has 1 aliphatic heterocycles. The van der Waals surface area contributed by atoms with E-state index in [9.17, 15) is 14.0 Å². The van der Waals surface area contributed by atoms with Crippen LogP contribution in [0.3, 0.4) is 0 Å². The summed E-state index contributed by atoms with van der Waals surface area (Å²) >= 11 is 0. The van der Waals surface area contributed by atoms with Crippen molar-refractivity contribution in [2.45, 2.75) is 19.9 Å². The van der Waals surface area contributed by atoms with Gasteiger partial charge in [0.15, 0.2) is 11.5 Å². The number of allylic oxidation sites excluding steroid dienone is 2. The zero-order valence-electron chi connectivity index (χ0n) is 23.9. The molecular formula is C33H33FN2O6. The third kappa shape index (κ3) is 6.31. The normalized spacial score (nSPS) is 15.4. The van der Waals surface area contributed by atoms with Gasteiger partial charge >= 0.3 is 6.09 Å². The second-order valence-corrected chi connectivity index (χ2v) is 10.0. The molecule has 3 aromatic rings. The number of nitrogens with one attached hydrogen (secondary N) is 1. The van der Waals surface area contributed by atoms with Crippen LogP contribution in [0.1, 0.15) is 35.6 Å². The van der Waals surface area contributed by atoms with Gasteiger partial charge in [0.25, 0.3) is 0 Å². The van der Waals surface area contributed by atoms with Gasteiger partial charge in [0.2, 0.25) is 11.7 Å². The zero-order chi connectivity index (χ0) is 29.6. The van der Waals surface area contributed by atoms with Gasteiger partial charge in [-0.25, -0.2) is 9.18 Å². The van der Waals surface area contributed by atoms with Gasteiger partial charge < -0.3 is 29.2 Å². The van der Waals surface area contributed by atoms with Gasteiger partial charge in [-0.05, 0) is 76.2 Å². The number of fused-ring (bicyclic) bond motifs is 1. The van der Waals surface area contributed by atoms with Gasteiger partial charge in [0.1, 0.15) is 5.82 Å². The topological polar surface area (TPSA) is 86.3 Å². The molecule has 1 aliphatic carbocycles. The number of halogens is 1. The molecule has 0 radical (unpaired) electrons. The molecule has 1 N–H and O–H groups in total. The third-order valence-electron chi connectivity index (χ3n) is 7.38. The van der Waals surface area contributed by atoms with Gasteiger partial charge in [-0.3, -0.25) is 4.79 Å². The van der Waals surface area contributed by atoms with Crippen molar-refractivity contribution < 1.29 is 32.9 Å². The summed E-state index contributed by atoms with van der Waals surface area (Å²) < 4.78 is 36.6. The Morgan fingerprint density at radius 1 is 0.976 bits per heavy atom. The van der Waals surface area contributed by atoms with E-state index < -0.39 is 6.09 Å². The standard InChI is InChI=1S/C33H33FN2O6/c1-21-26(15-23-16-29(39-2)32(30(17-23)40-3)42-33(38)36-11-13-41-14-12-36)25-10-9-24(34)18-28(25)27(21)19-31(37)35-20-22-7-5-4-6-8-22/h4-10,15-18H,11-14,19-20H2,1-3H3,(H,35,37)/b26-15-. The van der Waals surface area contributed by atoms with Crippen molar-refractivity contribution >= 4 is 29.2 Å². The maximum Gasteiger partial charge on any atom is 0.415 e. The van der Waals surface area contributed by atoms with E-state index in [-0.39, 0.29) is 23.9 Å². The van der Waals surface area contributed by atoms with Crippen LogP contribution in [0, 0.1) is 5.82 Å². The first-order valence-electron chi connectivity index (χ1n) is 13.7. The van der Waals surface area contributed by atoms with Gasteiger partial charge in [-0.15, -0.1) is 0 Å². The predicted octanol–water partition coefficient (Wildman–Crippen LogP) is 5.71. The lowest BCUT2D eigenvalue weighted by molar-refractivity contribution is -0.120.